The molecule has 23 heavy (non-hydrogen) atoms. The number of aliphatic imine (C=N–C) groups is 1. The van der Waals surface area contributed by atoms with Crippen molar-refractivity contribution in [2.75, 3.05) is 18.5 Å². The van der Waals surface area contributed by atoms with E-state index in [4.69, 9.17) is 10.5 Å². The quantitative estimate of drug-likeness (QED) is 0.506. The summed E-state index contributed by atoms with van der Waals surface area (Å²) in [4.78, 5) is 4.34. The Morgan fingerprint density at radius 1 is 1.04 bits per heavy atom. The van der Waals surface area contributed by atoms with Crippen molar-refractivity contribution in [2.24, 2.45) is 10.7 Å². The van der Waals surface area contributed by atoms with Gasteiger partial charge in [0.2, 0.25) is 0 Å². The number of guanidine groups is 1. The van der Waals surface area contributed by atoms with E-state index in [1.807, 2.05) is 30.3 Å². The summed E-state index contributed by atoms with van der Waals surface area (Å²) in [6.45, 7) is 1.04. The maximum absolute atomic E-state index is 6.00. The molecule has 0 bridgehead atoms. The highest BCUT2D eigenvalue weighted by Crippen LogP contribution is 2.27. The minimum Gasteiger partial charge on any atom is -0.492 e. The summed E-state index contributed by atoms with van der Waals surface area (Å²) in [5.41, 5.74) is 9.91. The van der Waals surface area contributed by atoms with Crippen LogP contribution in [0.3, 0.4) is 0 Å². The van der Waals surface area contributed by atoms with Crippen LogP contribution in [-0.4, -0.2) is 19.1 Å². The number of fused-ring (bicyclic) bond motifs is 1. The number of para-hydroxylation sites is 1. The summed E-state index contributed by atoms with van der Waals surface area (Å²) >= 11 is 0. The average Bonchev–Trinajstić information content (AvgIpc) is 2.60. The Balaban J connectivity index is 1.53. The van der Waals surface area contributed by atoms with Crippen molar-refractivity contribution in [3.05, 3.63) is 59.7 Å². The third-order valence-corrected chi connectivity index (χ3v) is 4.04. The number of ether oxygens (including phenoxy) is 1. The highest BCUT2D eigenvalue weighted by atomic mass is 16.5. The summed E-state index contributed by atoms with van der Waals surface area (Å²) in [6, 6.07) is 16.1. The molecule has 0 saturated heterocycles. The third-order valence-electron chi connectivity index (χ3n) is 4.04. The second-order valence-electron chi connectivity index (χ2n) is 5.70. The maximum atomic E-state index is 6.00. The summed E-state index contributed by atoms with van der Waals surface area (Å²) in [5, 5.41) is 3.24. The number of nitrogens with zero attached hydrogens (tertiary/aromatic N) is 1. The zero-order chi connectivity index (χ0) is 15.9. The Morgan fingerprint density at radius 3 is 2.74 bits per heavy atom. The third kappa shape index (κ3) is 4.25. The molecule has 2 aromatic rings. The lowest BCUT2D eigenvalue weighted by Crippen LogP contribution is -2.25. The number of anilines is 1. The van der Waals surface area contributed by atoms with Crippen molar-refractivity contribution < 1.29 is 4.74 Å². The number of aryl methyl sites for hydroxylation is 1. The van der Waals surface area contributed by atoms with E-state index in [-0.39, 0.29) is 0 Å². The highest BCUT2D eigenvalue weighted by molar-refractivity contribution is 5.93. The van der Waals surface area contributed by atoms with Gasteiger partial charge in [-0.25, -0.2) is 4.99 Å². The first-order valence-corrected chi connectivity index (χ1v) is 8.18. The second-order valence-corrected chi connectivity index (χ2v) is 5.70. The first-order valence-electron chi connectivity index (χ1n) is 8.18. The monoisotopic (exact) mass is 309 g/mol. The smallest absolute Gasteiger partial charge is 0.193 e. The molecule has 3 N–H and O–H groups in total. The van der Waals surface area contributed by atoms with Gasteiger partial charge in [0.05, 0.1) is 6.54 Å². The van der Waals surface area contributed by atoms with E-state index >= 15 is 0 Å². The van der Waals surface area contributed by atoms with Crippen LogP contribution in [0, 0.1) is 0 Å². The fourth-order valence-electron chi connectivity index (χ4n) is 2.92. The van der Waals surface area contributed by atoms with E-state index in [0.29, 0.717) is 19.1 Å². The fourth-order valence-corrected chi connectivity index (χ4v) is 2.92. The number of hydrogen-bond acceptors (Lipinski definition) is 2. The van der Waals surface area contributed by atoms with E-state index in [1.54, 1.807) is 0 Å². The van der Waals surface area contributed by atoms with Crippen molar-refractivity contribution in [1.29, 1.82) is 0 Å². The van der Waals surface area contributed by atoms with Gasteiger partial charge in [-0.15, -0.1) is 0 Å². The molecule has 0 saturated carbocycles. The number of benzene rings is 2. The fraction of sp³-hybridized carbons (Fsp3) is 0.316. The summed E-state index contributed by atoms with van der Waals surface area (Å²) in [6.07, 6.45) is 4.79. The summed E-state index contributed by atoms with van der Waals surface area (Å²) in [7, 11) is 0. The molecule has 0 fully saturated rings. The van der Waals surface area contributed by atoms with Crippen molar-refractivity contribution >= 4 is 11.6 Å². The lowest BCUT2D eigenvalue weighted by atomic mass is 9.90. The predicted molar refractivity (Wildman–Crippen MR) is 95.1 cm³/mol. The molecule has 1 aliphatic carbocycles. The zero-order valence-electron chi connectivity index (χ0n) is 13.3. The van der Waals surface area contributed by atoms with Gasteiger partial charge in [0, 0.05) is 5.69 Å². The van der Waals surface area contributed by atoms with E-state index < -0.39 is 0 Å². The number of hydrogen-bond donors (Lipinski definition) is 2. The Kier molecular flexibility index (Phi) is 5.14. The molecule has 0 aromatic heterocycles. The number of rotatable bonds is 5. The van der Waals surface area contributed by atoms with Crippen molar-refractivity contribution in [3.63, 3.8) is 0 Å². The van der Waals surface area contributed by atoms with Crippen molar-refractivity contribution in [2.45, 2.75) is 25.7 Å². The van der Waals surface area contributed by atoms with E-state index in [9.17, 15) is 0 Å². The van der Waals surface area contributed by atoms with Crippen LogP contribution in [0.15, 0.2) is 53.5 Å². The molecular weight excluding hydrogens is 286 g/mol. The highest BCUT2D eigenvalue weighted by Gasteiger charge is 2.12. The van der Waals surface area contributed by atoms with Gasteiger partial charge in [-0.2, -0.15) is 0 Å². The Hall–Kier alpha value is -2.49. The molecule has 0 amide bonds. The van der Waals surface area contributed by atoms with Gasteiger partial charge in [0.1, 0.15) is 12.4 Å². The number of nitrogens with two attached hydrogens (primary N) is 1. The van der Waals surface area contributed by atoms with Crippen LogP contribution in [0.4, 0.5) is 5.69 Å². The molecule has 0 aliphatic heterocycles. The van der Waals surface area contributed by atoms with Crippen LogP contribution in [0.5, 0.6) is 5.75 Å². The maximum Gasteiger partial charge on any atom is 0.193 e. The molecule has 0 spiro atoms. The lowest BCUT2D eigenvalue weighted by molar-refractivity contribution is 0.329. The molecule has 0 atom stereocenters. The molecular formula is C19H23N3O. The van der Waals surface area contributed by atoms with Gasteiger partial charge in [-0.3, -0.25) is 0 Å². The molecule has 3 rings (SSSR count). The van der Waals surface area contributed by atoms with E-state index in [0.717, 1.165) is 24.3 Å². The van der Waals surface area contributed by atoms with Crippen molar-refractivity contribution in [1.82, 2.24) is 0 Å². The number of nitrogens with one attached hydrogen (secondary N) is 1. The molecule has 1 aliphatic rings. The minimum absolute atomic E-state index is 0.445. The largest absolute Gasteiger partial charge is 0.492 e. The summed E-state index contributed by atoms with van der Waals surface area (Å²) in [5.74, 6) is 1.30. The van der Waals surface area contributed by atoms with Gasteiger partial charge in [-0.1, -0.05) is 30.3 Å². The van der Waals surface area contributed by atoms with Crippen molar-refractivity contribution in [3.8, 4) is 5.75 Å². The zero-order valence-corrected chi connectivity index (χ0v) is 13.3. The van der Waals surface area contributed by atoms with E-state index in [1.165, 1.54) is 24.0 Å². The lowest BCUT2D eigenvalue weighted by Gasteiger charge is -2.19. The van der Waals surface area contributed by atoms with Crippen LogP contribution < -0.4 is 15.8 Å². The minimum atomic E-state index is 0.445. The van der Waals surface area contributed by atoms with E-state index in [2.05, 4.69) is 28.5 Å². The Labute approximate surface area is 137 Å². The first kappa shape index (κ1) is 15.4. The molecule has 120 valence electrons. The van der Waals surface area contributed by atoms with Gasteiger partial charge in [-0.05, 0) is 55.0 Å². The molecule has 0 heterocycles. The van der Waals surface area contributed by atoms with Gasteiger partial charge >= 0.3 is 0 Å². The normalized spacial score (nSPS) is 14.2. The average molecular weight is 309 g/mol. The topological polar surface area (TPSA) is 59.6 Å². The standard InChI is InChI=1S/C19H23N3O/c20-19(21-13-14-23-16-9-2-1-3-10-16)22-18-12-6-8-15-7-4-5-11-17(15)18/h1-3,6,8-10,12H,4-5,7,11,13-14H2,(H3,20,21,22). The SMILES string of the molecule is NC(=NCCOc1ccccc1)Nc1cccc2c1CCCC2. The van der Waals surface area contributed by atoms with Crippen LogP contribution >= 0.6 is 0 Å². The van der Waals surface area contributed by atoms with Crippen LogP contribution in [0.25, 0.3) is 0 Å². The van der Waals surface area contributed by atoms with Crippen LogP contribution in [0.2, 0.25) is 0 Å². The molecule has 2 aromatic carbocycles. The van der Waals surface area contributed by atoms with Gasteiger partial charge in [0.15, 0.2) is 5.96 Å². The predicted octanol–water partition coefficient (Wildman–Crippen LogP) is 3.37. The first-order chi connectivity index (χ1) is 11.3. The van der Waals surface area contributed by atoms with Gasteiger partial charge < -0.3 is 15.8 Å². The van der Waals surface area contributed by atoms with Crippen LogP contribution in [0.1, 0.15) is 24.0 Å². The summed E-state index contributed by atoms with van der Waals surface area (Å²) < 4.78 is 5.61. The molecule has 4 nitrogen and oxygen atoms in total. The molecule has 4 heteroatoms. The van der Waals surface area contributed by atoms with Crippen LogP contribution in [-0.2, 0) is 12.8 Å². The molecule has 0 unspecified atom stereocenters. The molecule has 0 radical (unpaired) electrons. The van der Waals surface area contributed by atoms with Gasteiger partial charge in [0.25, 0.3) is 0 Å². The second kappa shape index (κ2) is 7.68. The Morgan fingerprint density at radius 2 is 1.87 bits per heavy atom. The Bertz CT molecular complexity index is 668.